The maximum atomic E-state index is 11.3. The zero-order valence-electron chi connectivity index (χ0n) is 18.8. The summed E-state index contributed by atoms with van der Waals surface area (Å²) < 4.78 is 8.07. The van der Waals surface area contributed by atoms with Gasteiger partial charge < -0.3 is 15.4 Å². The first-order chi connectivity index (χ1) is 16.5. The van der Waals surface area contributed by atoms with Crippen LogP contribution in [0.3, 0.4) is 0 Å². The number of pyridine rings is 1. The van der Waals surface area contributed by atoms with Gasteiger partial charge in [-0.3, -0.25) is 9.67 Å². The molecule has 0 unspecified atom stereocenters. The molecule has 1 fully saturated rings. The van der Waals surface area contributed by atoms with Crippen molar-refractivity contribution in [2.24, 2.45) is 13.0 Å². The van der Waals surface area contributed by atoms with Crippen molar-refractivity contribution in [2.75, 3.05) is 19.0 Å². The van der Waals surface area contributed by atoms with Crippen LogP contribution in [-0.2, 0) is 11.8 Å². The Morgan fingerprint density at radius 2 is 2.12 bits per heavy atom. The van der Waals surface area contributed by atoms with Crippen LogP contribution < -0.4 is 10.6 Å². The van der Waals surface area contributed by atoms with Gasteiger partial charge in [-0.1, -0.05) is 5.21 Å². The lowest BCUT2D eigenvalue weighted by molar-refractivity contribution is 0.164. The van der Waals surface area contributed by atoms with Crippen molar-refractivity contribution < 1.29 is 9.53 Å². The summed E-state index contributed by atoms with van der Waals surface area (Å²) in [4.78, 5) is 16.0. The molecule has 0 bridgehead atoms. The van der Waals surface area contributed by atoms with Gasteiger partial charge in [0.1, 0.15) is 11.8 Å². The van der Waals surface area contributed by atoms with Crippen molar-refractivity contribution in [3.63, 3.8) is 0 Å². The second-order valence-corrected chi connectivity index (χ2v) is 8.36. The molecule has 11 heteroatoms. The van der Waals surface area contributed by atoms with E-state index in [0.717, 1.165) is 46.7 Å². The Kier molecular flexibility index (Phi) is 5.55. The number of nitrogens with one attached hydrogen (secondary N) is 2. The Morgan fingerprint density at radius 1 is 1.26 bits per heavy atom. The standard InChI is InChI=1S/C23H23N9O2/c1-31-13-21(29-30-31)18-12-25-20(22-4-3-17-7-15(9-24)11-27-32(17)22)8-19(18)28-16-5-14(6-16)10-26-23(33)34-2/h3-4,7-8,11-14,16H,5-6,10H2,1-2H3,(H,25,28)(H,26,33)/t14-,16-. The van der Waals surface area contributed by atoms with E-state index in [4.69, 9.17) is 5.26 Å². The molecule has 4 heterocycles. The van der Waals surface area contributed by atoms with E-state index in [1.807, 2.05) is 31.4 Å². The first-order valence-electron chi connectivity index (χ1n) is 10.9. The maximum Gasteiger partial charge on any atom is 0.406 e. The molecule has 0 aromatic carbocycles. The van der Waals surface area contributed by atoms with E-state index in [1.165, 1.54) is 7.11 Å². The number of methoxy groups -OCH3 is 1. The molecule has 4 aromatic heterocycles. The van der Waals surface area contributed by atoms with Crippen LogP contribution in [0.5, 0.6) is 0 Å². The van der Waals surface area contributed by atoms with Gasteiger partial charge in [-0.05, 0) is 43.0 Å². The van der Waals surface area contributed by atoms with Gasteiger partial charge in [0.05, 0.1) is 42.0 Å². The molecule has 2 N–H and O–H groups in total. The average molecular weight is 457 g/mol. The van der Waals surface area contributed by atoms with E-state index in [0.29, 0.717) is 18.0 Å². The minimum absolute atomic E-state index is 0.260. The van der Waals surface area contributed by atoms with Crippen LogP contribution in [0.1, 0.15) is 18.4 Å². The van der Waals surface area contributed by atoms with Crippen LogP contribution >= 0.6 is 0 Å². The van der Waals surface area contributed by atoms with E-state index < -0.39 is 6.09 Å². The highest BCUT2D eigenvalue weighted by molar-refractivity contribution is 5.79. The van der Waals surface area contributed by atoms with Gasteiger partial charge in [-0.2, -0.15) is 10.4 Å². The molecule has 5 rings (SSSR count). The number of amides is 1. The molecule has 0 spiro atoms. The van der Waals surface area contributed by atoms with Gasteiger partial charge in [0.25, 0.3) is 0 Å². The van der Waals surface area contributed by atoms with Crippen LogP contribution in [0.2, 0.25) is 0 Å². The molecule has 172 valence electrons. The molecule has 11 nitrogen and oxygen atoms in total. The average Bonchev–Trinajstić information content (AvgIpc) is 3.45. The monoisotopic (exact) mass is 457 g/mol. The molecule has 0 aliphatic heterocycles. The summed E-state index contributed by atoms with van der Waals surface area (Å²) in [6.45, 7) is 0.593. The Balaban J connectivity index is 1.42. The first-order valence-corrected chi connectivity index (χ1v) is 10.9. The number of rotatable bonds is 6. The molecule has 1 saturated carbocycles. The topological polar surface area (TPSA) is 135 Å². The fourth-order valence-electron chi connectivity index (χ4n) is 4.18. The largest absolute Gasteiger partial charge is 0.453 e. The van der Waals surface area contributed by atoms with E-state index >= 15 is 0 Å². The summed E-state index contributed by atoms with van der Waals surface area (Å²) >= 11 is 0. The minimum Gasteiger partial charge on any atom is -0.453 e. The number of ether oxygens (including phenoxy) is 1. The van der Waals surface area contributed by atoms with Crippen LogP contribution in [0.4, 0.5) is 10.5 Å². The van der Waals surface area contributed by atoms with Crippen molar-refractivity contribution >= 4 is 17.3 Å². The molecule has 0 atom stereocenters. The number of alkyl carbamates (subject to hydrolysis) is 1. The lowest BCUT2D eigenvalue weighted by Crippen LogP contribution is -2.42. The number of anilines is 1. The summed E-state index contributed by atoms with van der Waals surface area (Å²) in [5.41, 5.74) is 5.38. The van der Waals surface area contributed by atoms with Gasteiger partial charge in [0.15, 0.2) is 0 Å². The molecular formula is C23H23N9O2. The number of hydrogen-bond donors (Lipinski definition) is 2. The van der Waals surface area contributed by atoms with Gasteiger partial charge >= 0.3 is 6.09 Å². The molecule has 0 radical (unpaired) electrons. The number of hydrogen-bond acceptors (Lipinski definition) is 8. The quantitative estimate of drug-likeness (QED) is 0.451. The lowest BCUT2D eigenvalue weighted by Gasteiger charge is -2.36. The lowest BCUT2D eigenvalue weighted by atomic mass is 9.80. The normalized spacial score (nSPS) is 17.1. The van der Waals surface area contributed by atoms with Crippen LogP contribution in [0.15, 0.2) is 42.9 Å². The SMILES string of the molecule is COC(=O)NC[C@H]1C[C@H](Nc2cc(-c3ccc4cc(C#N)cnn34)ncc2-c2cn(C)nn2)C1. The molecule has 1 aliphatic rings. The van der Waals surface area contributed by atoms with Gasteiger partial charge in [-0.25, -0.2) is 9.31 Å². The summed E-state index contributed by atoms with van der Waals surface area (Å²) in [6, 6.07) is 10.0. The second-order valence-electron chi connectivity index (χ2n) is 8.36. The van der Waals surface area contributed by atoms with Crippen LogP contribution in [0.25, 0.3) is 28.2 Å². The molecule has 0 saturated heterocycles. The predicted octanol–water partition coefficient (Wildman–Crippen LogP) is 2.61. The molecular weight excluding hydrogens is 434 g/mol. The van der Waals surface area contributed by atoms with Crippen molar-refractivity contribution in [3.05, 3.63) is 48.4 Å². The highest BCUT2D eigenvalue weighted by atomic mass is 16.5. The summed E-state index contributed by atoms with van der Waals surface area (Å²) in [5.74, 6) is 0.394. The highest BCUT2D eigenvalue weighted by Gasteiger charge is 2.30. The van der Waals surface area contributed by atoms with Gasteiger partial charge in [0.2, 0.25) is 0 Å². The van der Waals surface area contributed by atoms with E-state index in [-0.39, 0.29) is 6.04 Å². The number of nitrogens with zero attached hydrogens (tertiary/aromatic N) is 7. The number of aromatic nitrogens is 6. The predicted molar refractivity (Wildman–Crippen MR) is 124 cm³/mol. The van der Waals surface area contributed by atoms with Crippen LogP contribution in [0, 0.1) is 17.2 Å². The summed E-state index contributed by atoms with van der Waals surface area (Å²) in [6.07, 6.45) is 6.63. The van der Waals surface area contributed by atoms with Crippen molar-refractivity contribution in [2.45, 2.75) is 18.9 Å². The maximum absolute atomic E-state index is 11.3. The Morgan fingerprint density at radius 3 is 2.85 bits per heavy atom. The smallest absolute Gasteiger partial charge is 0.406 e. The number of aryl methyl sites for hydroxylation is 1. The van der Waals surface area contributed by atoms with Gasteiger partial charge in [0, 0.05) is 37.1 Å². The molecule has 34 heavy (non-hydrogen) atoms. The zero-order valence-corrected chi connectivity index (χ0v) is 18.8. The number of fused-ring (bicyclic) bond motifs is 1. The number of nitriles is 1. The molecule has 1 aliphatic carbocycles. The third-order valence-electron chi connectivity index (χ3n) is 5.99. The second kappa shape index (κ2) is 8.82. The van der Waals surface area contributed by atoms with Crippen molar-refractivity contribution in [3.8, 4) is 28.7 Å². The van der Waals surface area contributed by atoms with Gasteiger partial charge in [-0.15, -0.1) is 5.10 Å². The van der Waals surface area contributed by atoms with E-state index in [9.17, 15) is 4.79 Å². The fraction of sp³-hybridized carbons (Fsp3) is 0.304. The Hall–Kier alpha value is -4.46. The Labute approximate surface area is 195 Å². The molecule has 1 amide bonds. The Bertz CT molecular complexity index is 1400. The van der Waals surface area contributed by atoms with Crippen LogP contribution in [-0.4, -0.2) is 55.4 Å². The van der Waals surface area contributed by atoms with E-state index in [2.05, 4.69) is 41.8 Å². The zero-order chi connectivity index (χ0) is 23.7. The summed E-state index contributed by atoms with van der Waals surface area (Å²) in [7, 11) is 3.19. The molecule has 4 aromatic rings. The third kappa shape index (κ3) is 4.13. The number of carbonyl (C=O) groups is 1. The minimum atomic E-state index is -0.407. The third-order valence-corrected chi connectivity index (χ3v) is 5.99. The van der Waals surface area contributed by atoms with Crippen molar-refractivity contribution in [1.29, 1.82) is 5.26 Å². The first kappa shape index (κ1) is 21.4. The summed E-state index contributed by atoms with van der Waals surface area (Å²) in [5, 5.41) is 28.2. The fourth-order valence-corrected chi connectivity index (χ4v) is 4.18. The van der Waals surface area contributed by atoms with Crippen molar-refractivity contribution in [1.82, 2.24) is 34.9 Å². The number of carbonyl (C=O) groups excluding carboxylic acids is 1. The van der Waals surface area contributed by atoms with E-state index in [1.54, 1.807) is 27.7 Å². The highest BCUT2D eigenvalue weighted by Crippen LogP contribution is 2.35.